The van der Waals surface area contributed by atoms with Crippen LogP contribution < -0.4 is 0 Å². The van der Waals surface area contributed by atoms with Gasteiger partial charge < -0.3 is 0 Å². The Morgan fingerprint density at radius 1 is 1.14 bits per heavy atom. The molecule has 1 aliphatic rings. The molecule has 0 saturated heterocycles. The van der Waals surface area contributed by atoms with Crippen molar-refractivity contribution in [1.29, 1.82) is 0 Å². The summed E-state index contributed by atoms with van der Waals surface area (Å²) in [6.07, 6.45) is -0.0867. The predicted molar refractivity (Wildman–Crippen MR) is 55.7 cm³/mol. The monoisotopic (exact) mass is 260 g/mol. The lowest BCUT2D eigenvalue weighted by Gasteiger charge is -2.41. The Morgan fingerprint density at radius 3 is 2.07 bits per heavy atom. The summed E-state index contributed by atoms with van der Waals surface area (Å²) >= 11 is 3.30. The van der Waals surface area contributed by atoms with E-state index in [9.17, 15) is 8.78 Å². The molecule has 0 bridgehead atoms. The fourth-order valence-corrected chi connectivity index (χ4v) is 2.24. The normalized spacial score (nSPS) is 19.4. The van der Waals surface area contributed by atoms with E-state index in [-0.39, 0.29) is 0 Å². The Balaban J connectivity index is 2.32. The van der Waals surface area contributed by atoms with Gasteiger partial charge >= 0.3 is 0 Å². The summed E-state index contributed by atoms with van der Waals surface area (Å²) in [6, 6.07) is 7.26. The van der Waals surface area contributed by atoms with Gasteiger partial charge in [-0.1, -0.05) is 34.5 Å². The molecule has 0 amide bonds. The van der Waals surface area contributed by atoms with Gasteiger partial charge in [-0.2, -0.15) is 0 Å². The summed E-state index contributed by atoms with van der Waals surface area (Å²) in [7, 11) is 0. The first-order chi connectivity index (χ1) is 6.65. The second-order valence-corrected chi connectivity index (χ2v) is 4.73. The van der Waals surface area contributed by atoms with Crippen molar-refractivity contribution in [3.63, 3.8) is 0 Å². The van der Waals surface area contributed by atoms with E-state index < -0.39 is 11.8 Å². The molecule has 76 valence electrons. The van der Waals surface area contributed by atoms with Crippen LogP contribution in [0.5, 0.6) is 0 Å². The van der Waals surface area contributed by atoms with Crippen LogP contribution in [0.1, 0.15) is 24.8 Å². The van der Waals surface area contributed by atoms with Gasteiger partial charge in [-0.25, -0.2) is 8.78 Å². The molecule has 0 N–H and O–H groups in total. The van der Waals surface area contributed by atoms with Gasteiger partial charge in [0, 0.05) is 4.47 Å². The lowest BCUT2D eigenvalue weighted by molar-refractivity contribution is 0.000832. The molecule has 0 nitrogen and oxygen atoms in total. The van der Waals surface area contributed by atoms with Crippen LogP contribution in [0.25, 0.3) is 0 Å². The van der Waals surface area contributed by atoms with E-state index in [1.807, 2.05) is 12.1 Å². The SMILES string of the molecule is FC(F)C1(c2ccc(Br)cc2)CCC1. The van der Waals surface area contributed by atoms with Crippen LogP contribution in [0.4, 0.5) is 8.78 Å². The minimum atomic E-state index is -2.24. The molecule has 0 heterocycles. The molecule has 1 saturated carbocycles. The zero-order valence-electron chi connectivity index (χ0n) is 7.64. The summed E-state index contributed by atoms with van der Waals surface area (Å²) in [6.45, 7) is 0. The van der Waals surface area contributed by atoms with Crippen molar-refractivity contribution in [3.05, 3.63) is 34.3 Å². The molecular weight excluding hydrogens is 250 g/mol. The highest BCUT2D eigenvalue weighted by Gasteiger charge is 2.46. The van der Waals surface area contributed by atoms with Crippen LogP contribution in [0.15, 0.2) is 28.7 Å². The highest BCUT2D eigenvalue weighted by molar-refractivity contribution is 9.10. The van der Waals surface area contributed by atoms with Crippen LogP contribution in [0.2, 0.25) is 0 Å². The summed E-state index contributed by atoms with van der Waals surface area (Å²) in [5, 5.41) is 0. The summed E-state index contributed by atoms with van der Waals surface area (Å²) in [5.74, 6) is 0. The Kier molecular flexibility index (Phi) is 2.60. The van der Waals surface area contributed by atoms with Gasteiger partial charge in [-0.15, -0.1) is 0 Å². The zero-order chi connectivity index (χ0) is 10.2. The maximum Gasteiger partial charge on any atom is 0.248 e. The van der Waals surface area contributed by atoms with E-state index in [1.165, 1.54) is 0 Å². The van der Waals surface area contributed by atoms with Gasteiger partial charge in [0.25, 0.3) is 0 Å². The average Bonchev–Trinajstić information content (AvgIpc) is 2.05. The van der Waals surface area contributed by atoms with Crippen molar-refractivity contribution in [2.24, 2.45) is 0 Å². The van der Waals surface area contributed by atoms with E-state index >= 15 is 0 Å². The molecule has 0 radical (unpaired) electrons. The first-order valence-corrected chi connectivity index (χ1v) is 5.49. The van der Waals surface area contributed by atoms with Crippen molar-refractivity contribution >= 4 is 15.9 Å². The summed E-state index contributed by atoms with van der Waals surface area (Å²) in [5.41, 5.74) is -0.0669. The fourth-order valence-electron chi connectivity index (χ4n) is 1.97. The Hall–Kier alpha value is -0.440. The van der Waals surface area contributed by atoms with Crippen molar-refractivity contribution in [2.75, 3.05) is 0 Å². The molecule has 0 unspecified atom stereocenters. The average molecular weight is 261 g/mol. The van der Waals surface area contributed by atoms with Crippen molar-refractivity contribution in [1.82, 2.24) is 0 Å². The number of hydrogen-bond donors (Lipinski definition) is 0. The van der Waals surface area contributed by atoms with Gasteiger partial charge in [0.2, 0.25) is 6.43 Å². The highest BCUT2D eigenvalue weighted by Crippen LogP contribution is 2.48. The Labute approximate surface area is 90.4 Å². The van der Waals surface area contributed by atoms with E-state index in [0.717, 1.165) is 16.5 Å². The van der Waals surface area contributed by atoms with Crippen molar-refractivity contribution in [2.45, 2.75) is 31.1 Å². The van der Waals surface area contributed by atoms with E-state index in [1.54, 1.807) is 12.1 Å². The van der Waals surface area contributed by atoms with Crippen LogP contribution in [-0.2, 0) is 5.41 Å². The lowest BCUT2D eigenvalue weighted by atomic mass is 9.65. The largest absolute Gasteiger partial charge is 0.248 e. The van der Waals surface area contributed by atoms with Crippen LogP contribution in [-0.4, -0.2) is 6.43 Å². The number of halogens is 3. The summed E-state index contributed by atoms with van der Waals surface area (Å²) in [4.78, 5) is 0. The van der Waals surface area contributed by atoms with Gasteiger partial charge in [0.05, 0.1) is 5.41 Å². The molecule has 1 aromatic carbocycles. The minimum Gasteiger partial charge on any atom is -0.210 e. The molecule has 1 aromatic rings. The zero-order valence-corrected chi connectivity index (χ0v) is 9.23. The second-order valence-electron chi connectivity index (χ2n) is 3.82. The van der Waals surface area contributed by atoms with Gasteiger partial charge in [-0.05, 0) is 30.5 Å². The first kappa shape index (κ1) is 10.1. The molecular formula is C11H11BrF2. The predicted octanol–water partition coefficient (Wildman–Crippen LogP) is 4.14. The molecule has 0 aromatic heterocycles. The highest BCUT2D eigenvalue weighted by atomic mass is 79.9. The van der Waals surface area contributed by atoms with Gasteiger partial charge in [-0.3, -0.25) is 0 Å². The molecule has 1 fully saturated rings. The van der Waals surface area contributed by atoms with Crippen molar-refractivity contribution < 1.29 is 8.78 Å². The lowest BCUT2D eigenvalue weighted by Crippen LogP contribution is -2.41. The second kappa shape index (κ2) is 3.61. The quantitative estimate of drug-likeness (QED) is 0.750. The van der Waals surface area contributed by atoms with Gasteiger partial charge in [0.15, 0.2) is 0 Å². The van der Waals surface area contributed by atoms with E-state index in [2.05, 4.69) is 15.9 Å². The fraction of sp³-hybridized carbons (Fsp3) is 0.455. The Bertz CT molecular complexity index is 315. The molecule has 3 heteroatoms. The van der Waals surface area contributed by atoms with Crippen LogP contribution in [0.3, 0.4) is 0 Å². The third kappa shape index (κ3) is 1.48. The third-order valence-electron chi connectivity index (χ3n) is 3.08. The molecule has 0 spiro atoms. The van der Waals surface area contributed by atoms with Crippen LogP contribution in [0, 0.1) is 0 Å². The standard InChI is InChI=1S/C11H11BrF2/c12-9-4-2-8(3-5-9)11(10(13)14)6-1-7-11/h2-5,10H,1,6-7H2. The first-order valence-electron chi connectivity index (χ1n) is 4.69. The number of alkyl halides is 2. The van der Waals surface area contributed by atoms with Crippen molar-refractivity contribution in [3.8, 4) is 0 Å². The molecule has 0 atom stereocenters. The maximum absolute atomic E-state index is 12.9. The topological polar surface area (TPSA) is 0 Å². The number of hydrogen-bond acceptors (Lipinski definition) is 0. The van der Waals surface area contributed by atoms with Gasteiger partial charge in [0.1, 0.15) is 0 Å². The maximum atomic E-state index is 12.9. The third-order valence-corrected chi connectivity index (χ3v) is 3.61. The Morgan fingerprint density at radius 2 is 1.71 bits per heavy atom. The van der Waals surface area contributed by atoms with E-state index in [4.69, 9.17) is 0 Å². The number of rotatable bonds is 2. The molecule has 0 aliphatic heterocycles. The van der Waals surface area contributed by atoms with E-state index in [0.29, 0.717) is 12.8 Å². The van der Waals surface area contributed by atoms with Crippen LogP contribution >= 0.6 is 15.9 Å². The smallest absolute Gasteiger partial charge is 0.210 e. The molecule has 14 heavy (non-hydrogen) atoms. The molecule has 1 aliphatic carbocycles. The number of benzene rings is 1. The molecule has 2 rings (SSSR count). The summed E-state index contributed by atoms with van der Waals surface area (Å²) < 4.78 is 26.8. The minimum absolute atomic E-state index is 0.617.